The number of fused-ring (bicyclic) bond motifs is 1. The lowest BCUT2D eigenvalue weighted by atomic mass is 9.57. The Bertz CT molecular complexity index is 503. The number of methoxy groups -OCH3 is 1. The number of rotatable bonds is 5. The van der Waals surface area contributed by atoms with Crippen molar-refractivity contribution in [3.8, 4) is 5.75 Å². The van der Waals surface area contributed by atoms with Gasteiger partial charge in [-0.15, -0.1) is 0 Å². The van der Waals surface area contributed by atoms with Crippen molar-refractivity contribution in [2.45, 2.75) is 38.5 Å². The lowest BCUT2D eigenvalue weighted by molar-refractivity contribution is -0.114. The Balaban J connectivity index is 1.59. The van der Waals surface area contributed by atoms with E-state index in [4.69, 9.17) is 9.47 Å². The molecule has 4 heteroatoms. The lowest BCUT2D eigenvalue weighted by Crippen LogP contribution is -2.66. The zero-order chi connectivity index (χ0) is 15.0. The van der Waals surface area contributed by atoms with Crippen LogP contribution in [0.1, 0.15) is 31.9 Å². The molecule has 2 N–H and O–H groups in total. The molecule has 0 spiro atoms. The van der Waals surface area contributed by atoms with E-state index in [0.29, 0.717) is 24.6 Å². The normalized spacial score (nSPS) is 31.3. The molecule has 3 rings (SSSR count). The molecule has 4 atom stereocenters. The Hall–Kier alpha value is -1.10. The molecule has 0 radical (unpaired) electrons. The van der Waals surface area contributed by atoms with Gasteiger partial charge in [0, 0.05) is 30.5 Å². The van der Waals surface area contributed by atoms with Crippen LogP contribution in [0.5, 0.6) is 5.75 Å². The summed E-state index contributed by atoms with van der Waals surface area (Å²) >= 11 is 0. The summed E-state index contributed by atoms with van der Waals surface area (Å²) < 4.78 is 11.0. The van der Waals surface area contributed by atoms with Gasteiger partial charge in [-0.1, -0.05) is 26.0 Å². The third-order valence-electron chi connectivity index (χ3n) is 5.11. The maximum Gasteiger partial charge on any atom is 0.119 e. The number of hydrogen-bond acceptors (Lipinski definition) is 4. The zero-order valence-corrected chi connectivity index (χ0v) is 13.0. The molecule has 4 unspecified atom stereocenters. The molecule has 2 aliphatic rings. The van der Waals surface area contributed by atoms with Crippen LogP contribution < -0.4 is 10.1 Å². The first-order chi connectivity index (χ1) is 10.0. The first-order valence-corrected chi connectivity index (χ1v) is 7.71. The fourth-order valence-electron chi connectivity index (χ4n) is 3.94. The van der Waals surface area contributed by atoms with Crippen LogP contribution in [0.15, 0.2) is 24.3 Å². The van der Waals surface area contributed by atoms with Gasteiger partial charge in [0.1, 0.15) is 5.75 Å². The van der Waals surface area contributed by atoms with Crippen LogP contribution in [0, 0.1) is 11.3 Å². The molecule has 1 saturated carbocycles. The number of aliphatic hydroxyl groups excluding tert-OH is 1. The minimum Gasteiger partial charge on any atom is -0.497 e. The first-order valence-electron chi connectivity index (χ1n) is 7.71. The van der Waals surface area contributed by atoms with Gasteiger partial charge in [-0.25, -0.2) is 0 Å². The number of ether oxygens (including phenoxy) is 2. The second kappa shape index (κ2) is 5.59. The average Bonchev–Trinajstić information content (AvgIpc) is 2.94. The zero-order valence-electron chi connectivity index (χ0n) is 13.0. The Morgan fingerprint density at radius 2 is 2.29 bits per heavy atom. The number of nitrogens with one attached hydrogen (secondary N) is 1. The van der Waals surface area contributed by atoms with Crippen molar-refractivity contribution in [3.05, 3.63) is 29.8 Å². The fraction of sp³-hybridized carbons (Fsp3) is 0.647. The van der Waals surface area contributed by atoms with Crippen molar-refractivity contribution in [2.75, 3.05) is 20.3 Å². The van der Waals surface area contributed by atoms with Gasteiger partial charge in [-0.3, -0.25) is 0 Å². The highest BCUT2D eigenvalue weighted by Gasteiger charge is 2.58. The van der Waals surface area contributed by atoms with Gasteiger partial charge < -0.3 is 19.9 Å². The molecule has 4 nitrogen and oxygen atoms in total. The Morgan fingerprint density at radius 3 is 3.05 bits per heavy atom. The SMILES string of the molecule is COc1cccc(C(O)CNC2C3CCOC3C2(C)C)c1. The predicted molar refractivity (Wildman–Crippen MR) is 81.4 cm³/mol. The molecule has 0 aromatic heterocycles. The Labute approximate surface area is 126 Å². The molecule has 21 heavy (non-hydrogen) atoms. The predicted octanol–water partition coefficient (Wildman–Crippen LogP) is 2.13. The minimum absolute atomic E-state index is 0.148. The van der Waals surface area contributed by atoms with Crippen LogP contribution >= 0.6 is 0 Å². The monoisotopic (exact) mass is 291 g/mol. The van der Waals surface area contributed by atoms with E-state index in [1.54, 1.807) is 7.11 Å². The summed E-state index contributed by atoms with van der Waals surface area (Å²) in [6.45, 7) is 5.92. The van der Waals surface area contributed by atoms with Gasteiger partial charge in [-0.2, -0.15) is 0 Å². The molecular weight excluding hydrogens is 266 g/mol. The average molecular weight is 291 g/mol. The largest absolute Gasteiger partial charge is 0.497 e. The molecule has 1 heterocycles. The molecule has 0 amide bonds. The molecule has 0 bridgehead atoms. The van der Waals surface area contributed by atoms with E-state index in [1.165, 1.54) is 0 Å². The molecule has 1 aromatic carbocycles. The van der Waals surface area contributed by atoms with Crippen molar-refractivity contribution in [2.24, 2.45) is 11.3 Å². The highest BCUT2D eigenvalue weighted by atomic mass is 16.5. The van der Waals surface area contributed by atoms with Crippen LogP contribution in [0.25, 0.3) is 0 Å². The molecule has 1 aliphatic carbocycles. The summed E-state index contributed by atoms with van der Waals surface area (Å²) in [6.07, 6.45) is 0.988. The summed E-state index contributed by atoms with van der Waals surface area (Å²) in [5.41, 5.74) is 1.04. The van der Waals surface area contributed by atoms with Crippen LogP contribution in [0.2, 0.25) is 0 Å². The highest BCUT2D eigenvalue weighted by molar-refractivity contribution is 5.30. The van der Waals surface area contributed by atoms with E-state index in [0.717, 1.165) is 24.3 Å². The smallest absolute Gasteiger partial charge is 0.119 e. The van der Waals surface area contributed by atoms with Gasteiger partial charge in [0.2, 0.25) is 0 Å². The molecule has 1 aromatic rings. The standard InChI is InChI=1S/C17H25NO3/c1-17(2)15(13-7-8-21-16(13)17)18-10-14(19)11-5-4-6-12(9-11)20-3/h4-6,9,13-16,18-19H,7-8,10H2,1-3H3. The third-order valence-corrected chi connectivity index (χ3v) is 5.11. The third kappa shape index (κ3) is 2.56. The van der Waals surface area contributed by atoms with Crippen molar-refractivity contribution >= 4 is 0 Å². The second-order valence-electron chi connectivity index (χ2n) is 6.74. The van der Waals surface area contributed by atoms with E-state index in [-0.39, 0.29) is 5.41 Å². The maximum absolute atomic E-state index is 10.4. The lowest BCUT2D eigenvalue weighted by Gasteiger charge is -2.55. The number of benzene rings is 1. The topological polar surface area (TPSA) is 50.7 Å². The van der Waals surface area contributed by atoms with Crippen molar-refractivity contribution in [3.63, 3.8) is 0 Å². The van der Waals surface area contributed by atoms with E-state index in [2.05, 4.69) is 19.2 Å². The van der Waals surface area contributed by atoms with Gasteiger partial charge in [0.25, 0.3) is 0 Å². The van der Waals surface area contributed by atoms with Crippen LogP contribution in [-0.2, 0) is 4.74 Å². The highest BCUT2D eigenvalue weighted by Crippen LogP contribution is 2.52. The molecule has 2 fully saturated rings. The quantitative estimate of drug-likeness (QED) is 0.872. The van der Waals surface area contributed by atoms with Gasteiger partial charge in [0.15, 0.2) is 0 Å². The van der Waals surface area contributed by atoms with E-state index < -0.39 is 6.10 Å². The van der Waals surface area contributed by atoms with Gasteiger partial charge in [-0.05, 0) is 24.1 Å². The van der Waals surface area contributed by atoms with Crippen LogP contribution in [0.4, 0.5) is 0 Å². The number of hydrogen-bond donors (Lipinski definition) is 2. The van der Waals surface area contributed by atoms with Crippen LogP contribution in [0.3, 0.4) is 0 Å². The minimum atomic E-state index is -0.516. The Kier molecular flexibility index (Phi) is 3.95. The van der Waals surface area contributed by atoms with E-state index in [9.17, 15) is 5.11 Å². The second-order valence-corrected chi connectivity index (χ2v) is 6.74. The van der Waals surface area contributed by atoms with E-state index in [1.807, 2.05) is 24.3 Å². The van der Waals surface area contributed by atoms with Crippen LogP contribution in [-0.4, -0.2) is 37.5 Å². The molecular formula is C17H25NO3. The van der Waals surface area contributed by atoms with Crippen molar-refractivity contribution in [1.82, 2.24) is 5.32 Å². The summed E-state index contributed by atoms with van der Waals surface area (Å²) in [4.78, 5) is 0. The number of aliphatic hydroxyl groups is 1. The summed E-state index contributed by atoms with van der Waals surface area (Å²) in [6, 6.07) is 8.04. The molecule has 1 saturated heterocycles. The first kappa shape index (κ1) is 14.8. The molecule has 1 aliphatic heterocycles. The van der Waals surface area contributed by atoms with Gasteiger partial charge >= 0.3 is 0 Å². The summed E-state index contributed by atoms with van der Waals surface area (Å²) in [5.74, 6) is 1.37. The fourth-order valence-corrected chi connectivity index (χ4v) is 3.94. The maximum atomic E-state index is 10.4. The van der Waals surface area contributed by atoms with Crippen molar-refractivity contribution in [1.29, 1.82) is 0 Å². The van der Waals surface area contributed by atoms with E-state index >= 15 is 0 Å². The Morgan fingerprint density at radius 1 is 1.48 bits per heavy atom. The van der Waals surface area contributed by atoms with Gasteiger partial charge in [0.05, 0.1) is 19.3 Å². The molecule has 116 valence electrons. The summed E-state index contributed by atoms with van der Waals surface area (Å²) in [5, 5.41) is 13.9. The summed E-state index contributed by atoms with van der Waals surface area (Å²) in [7, 11) is 1.64. The van der Waals surface area contributed by atoms with Crippen molar-refractivity contribution < 1.29 is 14.6 Å².